The Labute approximate surface area is 169 Å². The number of phenolic OH excluding ortho intramolecular Hbond substituents is 1. The van der Waals surface area contributed by atoms with Crippen LogP contribution in [0.4, 0.5) is 4.79 Å². The van der Waals surface area contributed by atoms with Crippen LogP contribution in [0.3, 0.4) is 0 Å². The average molecular weight is 408 g/mol. The number of benzene rings is 1. The van der Waals surface area contributed by atoms with Gasteiger partial charge in [0.15, 0.2) is 0 Å². The fraction of sp³-hybridized carbons (Fsp3) is 0.500. The summed E-state index contributed by atoms with van der Waals surface area (Å²) in [6.07, 6.45) is -1.04. The number of aromatic hydroxyl groups is 1. The number of primary amides is 1. The van der Waals surface area contributed by atoms with Gasteiger partial charge in [0.1, 0.15) is 11.8 Å². The molecule has 0 heterocycles. The van der Waals surface area contributed by atoms with Gasteiger partial charge >= 0.3 is 18.0 Å². The van der Waals surface area contributed by atoms with Crippen LogP contribution < -0.4 is 11.1 Å². The summed E-state index contributed by atoms with van der Waals surface area (Å²) in [6.45, 7) is 6.85. The molecule has 1 aromatic rings. The molecule has 1 rings (SSSR count). The number of amides is 2. The van der Waals surface area contributed by atoms with Crippen molar-refractivity contribution < 1.29 is 34.1 Å². The lowest BCUT2D eigenvalue weighted by atomic mass is 9.85. The van der Waals surface area contributed by atoms with Gasteiger partial charge in [-0.3, -0.25) is 9.59 Å². The second-order valence-corrected chi connectivity index (χ2v) is 7.48. The van der Waals surface area contributed by atoms with E-state index in [0.29, 0.717) is 17.5 Å². The molecule has 0 saturated carbocycles. The molecule has 0 bridgehead atoms. The number of hydrogen-bond donors (Lipinski definition) is 4. The highest BCUT2D eigenvalue weighted by Gasteiger charge is 2.34. The van der Waals surface area contributed by atoms with E-state index in [4.69, 9.17) is 5.73 Å². The molecule has 0 aliphatic rings. The monoisotopic (exact) mass is 408 g/mol. The average Bonchev–Trinajstić information content (AvgIpc) is 2.59. The molecule has 2 amide bonds. The number of carboxylic acids is 1. The summed E-state index contributed by atoms with van der Waals surface area (Å²) in [6, 6.07) is 3.23. The van der Waals surface area contributed by atoms with Crippen LogP contribution in [0.15, 0.2) is 18.2 Å². The Morgan fingerprint density at radius 3 is 2.28 bits per heavy atom. The molecule has 9 nitrogen and oxygen atoms in total. The lowest BCUT2D eigenvalue weighted by Crippen LogP contribution is -2.48. The number of carbonyl (C=O) groups is 4. The number of nitrogens with two attached hydrogens (primary N) is 1. The first-order valence-corrected chi connectivity index (χ1v) is 9.25. The van der Waals surface area contributed by atoms with E-state index in [1.807, 2.05) is 13.8 Å². The van der Waals surface area contributed by atoms with Gasteiger partial charge in [0, 0.05) is 6.42 Å². The first-order chi connectivity index (χ1) is 13.4. The normalized spacial score (nSPS) is 14.0. The minimum Gasteiger partial charge on any atom is -0.508 e. The van der Waals surface area contributed by atoms with Crippen LogP contribution >= 0.6 is 0 Å². The highest BCUT2D eigenvalue weighted by atomic mass is 16.6. The maximum absolute atomic E-state index is 12.8. The molecule has 0 aliphatic heterocycles. The lowest BCUT2D eigenvalue weighted by Gasteiger charge is -2.25. The molecule has 160 valence electrons. The molecule has 5 N–H and O–H groups in total. The Kier molecular flexibility index (Phi) is 8.62. The minimum absolute atomic E-state index is 0.0280. The molecule has 1 aromatic carbocycles. The predicted octanol–water partition coefficient (Wildman–Crippen LogP) is 1.73. The van der Waals surface area contributed by atoms with E-state index in [1.165, 1.54) is 19.1 Å². The molecule has 0 spiro atoms. The van der Waals surface area contributed by atoms with E-state index in [9.17, 15) is 29.4 Å². The van der Waals surface area contributed by atoms with Crippen LogP contribution in [0.2, 0.25) is 0 Å². The van der Waals surface area contributed by atoms with Crippen molar-refractivity contribution in [3.05, 3.63) is 29.3 Å². The number of aliphatic carboxylic acids is 1. The number of ether oxygens (including phenoxy) is 1. The van der Waals surface area contributed by atoms with E-state index >= 15 is 0 Å². The molecule has 0 saturated heterocycles. The molecule has 0 aromatic heterocycles. The van der Waals surface area contributed by atoms with Gasteiger partial charge in [-0.1, -0.05) is 26.8 Å². The molecule has 29 heavy (non-hydrogen) atoms. The first kappa shape index (κ1) is 23.9. The topological polar surface area (TPSA) is 156 Å². The van der Waals surface area contributed by atoms with Crippen molar-refractivity contribution >= 4 is 23.9 Å². The molecule has 9 heteroatoms. The van der Waals surface area contributed by atoms with Crippen molar-refractivity contribution in [3.63, 3.8) is 0 Å². The predicted molar refractivity (Wildman–Crippen MR) is 104 cm³/mol. The largest absolute Gasteiger partial charge is 0.508 e. The number of carboxylic acid groups (broad SMARTS) is 1. The standard InChI is InChI=1S/C20H28N2O7/c1-10(2)7-15(12(4)18(25)26)17(24)22-16(19(27)29-20(21)28)9-13-5-6-14(23)8-11(13)3/h5-6,8,10,12,15-16,23H,7,9H2,1-4H3,(H2,21,28)(H,22,24)(H,25,26)/t12?,15?,16-/m0/s1. The van der Waals surface area contributed by atoms with Crippen molar-refractivity contribution in [3.8, 4) is 5.75 Å². The zero-order valence-electron chi connectivity index (χ0n) is 17.0. The fourth-order valence-corrected chi connectivity index (χ4v) is 2.99. The summed E-state index contributed by atoms with van der Waals surface area (Å²) in [5.74, 6) is -4.57. The summed E-state index contributed by atoms with van der Waals surface area (Å²) in [7, 11) is 0. The third kappa shape index (κ3) is 7.44. The van der Waals surface area contributed by atoms with Gasteiger partial charge in [-0.2, -0.15) is 0 Å². The number of nitrogens with one attached hydrogen (secondary N) is 1. The number of esters is 1. The second-order valence-electron chi connectivity index (χ2n) is 7.48. The summed E-state index contributed by atoms with van der Waals surface area (Å²) in [5.41, 5.74) is 6.20. The highest BCUT2D eigenvalue weighted by Crippen LogP contribution is 2.22. The number of hydrogen-bond acceptors (Lipinski definition) is 6. The SMILES string of the molecule is Cc1cc(O)ccc1C[C@H](NC(=O)C(CC(C)C)C(C)C(=O)O)C(=O)OC(N)=O. The van der Waals surface area contributed by atoms with E-state index in [-0.39, 0.29) is 18.1 Å². The Morgan fingerprint density at radius 1 is 1.17 bits per heavy atom. The van der Waals surface area contributed by atoms with Gasteiger partial charge in [0.2, 0.25) is 5.91 Å². The molecule has 0 aliphatic carbocycles. The Balaban J connectivity index is 3.13. The van der Waals surface area contributed by atoms with Crippen molar-refractivity contribution in [2.75, 3.05) is 0 Å². The van der Waals surface area contributed by atoms with E-state index in [2.05, 4.69) is 10.1 Å². The van der Waals surface area contributed by atoms with Crippen LogP contribution in [0.1, 0.15) is 38.3 Å². The van der Waals surface area contributed by atoms with E-state index in [0.717, 1.165) is 0 Å². The Morgan fingerprint density at radius 2 is 1.79 bits per heavy atom. The van der Waals surface area contributed by atoms with E-state index in [1.54, 1.807) is 13.0 Å². The minimum atomic E-state index is -1.31. The van der Waals surface area contributed by atoms with Crippen LogP contribution in [-0.2, 0) is 25.5 Å². The third-order valence-corrected chi connectivity index (χ3v) is 4.61. The van der Waals surface area contributed by atoms with Crippen molar-refractivity contribution in [1.82, 2.24) is 5.32 Å². The van der Waals surface area contributed by atoms with E-state index < -0.39 is 41.8 Å². The molecular weight excluding hydrogens is 380 g/mol. The quantitative estimate of drug-likeness (QED) is 0.358. The lowest BCUT2D eigenvalue weighted by molar-refractivity contribution is -0.148. The molecule has 0 fully saturated rings. The van der Waals surface area contributed by atoms with Crippen LogP contribution in [0.5, 0.6) is 5.75 Å². The fourth-order valence-electron chi connectivity index (χ4n) is 2.99. The zero-order chi connectivity index (χ0) is 22.3. The van der Waals surface area contributed by atoms with Crippen molar-refractivity contribution in [2.45, 2.75) is 46.6 Å². The van der Waals surface area contributed by atoms with Crippen LogP contribution in [0.25, 0.3) is 0 Å². The first-order valence-electron chi connectivity index (χ1n) is 9.25. The molecule has 2 unspecified atom stereocenters. The Hall–Kier alpha value is -3.10. The summed E-state index contributed by atoms with van der Waals surface area (Å²) >= 11 is 0. The summed E-state index contributed by atoms with van der Waals surface area (Å²) in [5, 5.41) is 21.4. The van der Waals surface area contributed by atoms with Crippen LogP contribution in [0, 0.1) is 24.7 Å². The van der Waals surface area contributed by atoms with Gasteiger partial charge in [-0.05, 0) is 42.5 Å². The maximum Gasteiger partial charge on any atom is 0.412 e. The smallest absolute Gasteiger partial charge is 0.412 e. The van der Waals surface area contributed by atoms with Crippen LogP contribution in [-0.4, -0.2) is 40.2 Å². The second kappa shape index (κ2) is 10.4. The van der Waals surface area contributed by atoms with Gasteiger partial charge in [0.25, 0.3) is 0 Å². The van der Waals surface area contributed by atoms with Gasteiger partial charge < -0.3 is 26.0 Å². The molecule has 0 radical (unpaired) electrons. The number of rotatable bonds is 9. The van der Waals surface area contributed by atoms with Crippen molar-refractivity contribution in [1.29, 1.82) is 0 Å². The molecular formula is C20H28N2O7. The van der Waals surface area contributed by atoms with Gasteiger partial charge in [-0.15, -0.1) is 0 Å². The maximum atomic E-state index is 12.8. The van der Waals surface area contributed by atoms with Gasteiger partial charge in [-0.25, -0.2) is 9.59 Å². The number of carbonyl (C=O) groups excluding carboxylic acids is 3. The highest BCUT2D eigenvalue weighted by molar-refractivity contribution is 5.92. The number of aryl methyl sites for hydroxylation is 1. The Bertz CT molecular complexity index is 776. The zero-order valence-corrected chi connectivity index (χ0v) is 17.0. The molecule has 3 atom stereocenters. The summed E-state index contributed by atoms with van der Waals surface area (Å²) < 4.78 is 4.44. The van der Waals surface area contributed by atoms with Gasteiger partial charge in [0.05, 0.1) is 11.8 Å². The third-order valence-electron chi connectivity index (χ3n) is 4.61. The number of phenols is 1. The summed E-state index contributed by atoms with van der Waals surface area (Å²) in [4.78, 5) is 47.5. The van der Waals surface area contributed by atoms with Crippen molar-refractivity contribution in [2.24, 2.45) is 23.5 Å².